The first-order chi connectivity index (χ1) is 28.2. The van der Waals surface area contributed by atoms with Crippen molar-refractivity contribution in [2.45, 2.75) is 0 Å². The fourth-order valence-corrected chi connectivity index (χ4v) is 9.35. The van der Waals surface area contributed by atoms with E-state index in [1.165, 1.54) is 42.4 Å². The van der Waals surface area contributed by atoms with Gasteiger partial charge in [-0.3, -0.25) is 0 Å². The predicted molar refractivity (Wildman–Crippen MR) is 243 cm³/mol. The maximum Gasteiger partial charge on any atom is 0.143 e. The number of nitrogens with zero attached hydrogens (tertiary/aromatic N) is 1. The SMILES string of the molecule is c1ccc(-c2cc(-c3ccccc3)cc(N(c3ccc(-c4ccc5oc6c(-c7ccccc7)cccc6c5c4)cc3)c3ccc4sc5ccccc5c4c3)c2)cc1. The maximum absolute atomic E-state index is 6.51. The molecule has 0 aliphatic rings. The van der Waals surface area contributed by atoms with Crippen molar-refractivity contribution in [1.29, 1.82) is 0 Å². The molecule has 0 spiro atoms. The zero-order valence-electron chi connectivity index (χ0n) is 31.0. The van der Waals surface area contributed by atoms with Crippen LogP contribution in [0.2, 0.25) is 0 Å². The van der Waals surface area contributed by atoms with Crippen LogP contribution < -0.4 is 4.90 Å². The molecule has 0 fully saturated rings. The smallest absolute Gasteiger partial charge is 0.143 e. The number of furan rings is 1. The molecule has 2 nitrogen and oxygen atoms in total. The Kier molecular flexibility index (Phi) is 8.04. The molecule has 9 aromatic carbocycles. The van der Waals surface area contributed by atoms with Crippen LogP contribution in [0.3, 0.4) is 0 Å². The molecule has 0 aliphatic carbocycles. The topological polar surface area (TPSA) is 16.4 Å². The van der Waals surface area contributed by atoms with Gasteiger partial charge in [-0.2, -0.15) is 0 Å². The molecule has 0 atom stereocenters. The van der Waals surface area contributed by atoms with Gasteiger partial charge in [0.2, 0.25) is 0 Å². The fraction of sp³-hybridized carbons (Fsp3) is 0. The van der Waals surface area contributed by atoms with Gasteiger partial charge in [-0.05, 0) is 106 Å². The molecular formula is C54H35NOS. The summed E-state index contributed by atoms with van der Waals surface area (Å²) in [6.07, 6.45) is 0. The van der Waals surface area contributed by atoms with Crippen LogP contribution in [-0.4, -0.2) is 0 Å². The molecule has 2 heterocycles. The Morgan fingerprint density at radius 1 is 0.316 bits per heavy atom. The minimum Gasteiger partial charge on any atom is -0.455 e. The van der Waals surface area contributed by atoms with Crippen molar-refractivity contribution in [2.24, 2.45) is 0 Å². The Morgan fingerprint density at radius 3 is 1.61 bits per heavy atom. The molecule has 0 amide bonds. The van der Waals surface area contributed by atoms with Gasteiger partial charge < -0.3 is 9.32 Å². The summed E-state index contributed by atoms with van der Waals surface area (Å²) in [4.78, 5) is 2.41. The van der Waals surface area contributed by atoms with Gasteiger partial charge in [0, 0.05) is 53.6 Å². The summed E-state index contributed by atoms with van der Waals surface area (Å²) >= 11 is 1.85. The van der Waals surface area contributed by atoms with Crippen LogP contribution in [0.4, 0.5) is 17.1 Å². The second-order valence-corrected chi connectivity index (χ2v) is 15.6. The molecule has 0 radical (unpaired) electrons. The number of fused-ring (bicyclic) bond motifs is 6. The molecule has 0 bridgehead atoms. The van der Waals surface area contributed by atoms with Crippen molar-refractivity contribution < 1.29 is 4.42 Å². The molecule has 2 aromatic heterocycles. The highest BCUT2D eigenvalue weighted by Crippen LogP contribution is 2.44. The third kappa shape index (κ3) is 5.97. The monoisotopic (exact) mass is 745 g/mol. The lowest BCUT2D eigenvalue weighted by atomic mass is 9.97. The fourth-order valence-electron chi connectivity index (χ4n) is 8.26. The van der Waals surface area contributed by atoms with Crippen molar-refractivity contribution in [3.63, 3.8) is 0 Å². The van der Waals surface area contributed by atoms with Gasteiger partial charge in [0.25, 0.3) is 0 Å². The standard InChI is InChI=1S/C54H35NOS/c1-4-13-36(14-5-1)41-31-42(37-15-6-2-7-16-37)33-45(32-41)55(44-28-30-53-50(35-44)47-19-10-11-22-52(47)57-53)43-26-23-38(24-27-43)40-25-29-51-49(34-40)48-21-12-20-46(54(48)56-51)39-17-8-3-9-18-39/h1-35H. The third-order valence-electron chi connectivity index (χ3n) is 11.0. The van der Waals surface area contributed by atoms with Gasteiger partial charge in [0.15, 0.2) is 0 Å². The van der Waals surface area contributed by atoms with E-state index < -0.39 is 0 Å². The van der Waals surface area contributed by atoms with Crippen LogP contribution in [-0.2, 0) is 0 Å². The van der Waals surface area contributed by atoms with Crippen molar-refractivity contribution in [1.82, 2.24) is 0 Å². The molecule has 0 aliphatic heterocycles. The van der Waals surface area contributed by atoms with E-state index in [1.54, 1.807) is 0 Å². The van der Waals surface area contributed by atoms with Crippen LogP contribution in [0.15, 0.2) is 217 Å². The maximum atomic E-state index is 6.51. The van der Waals surface area contributed by atoms with Crippen molar-refractivity contribution in [3.8, 4) is 44.5 Å². The Bertz CT molecular complexity index is 3160. The van der Waals surface area contributed by atoms with E-state index in [0.717, 1.165) is 61.3 Å². The lowest BCUT2D eigenvalue weighted by Gasteiger charge is -2.27. The minimum atomic E-state index is 0.892. The zero-order chi connectivity index (χ0) is 37.7. The first-order valence-corrected chi connectivity index (χ1v) is 20.1. The Labute approximate surface area is 335 Å². The summed E-state index contributed by atoms with van der Waals surface area (Å²) in [7, 11) is 0. The normalized spacial score (nSPS) is 11.5. The van der Waals surface area contributed by atoms with Crippen LogP contribution in [0.1, 0.15) is 0 Å². The largest absolute Gasteiger partial charge is 0.455 e. The van der Waals surface area contributed by atoms with E-state index in [1.807, 2.05) is 17.4 Å². The van der Waals surface area contributed by atoms with E-state index in [2.05, 4.69) is 211 Å². The quantitative estimate of drug-likeness (QED) is 0.162. The Morgan fingerprint density at radius 2 is 0.895 bits per heavy atom. The van der Waals surface area contributed by atoms with Crippen LogP contribution in [0.5, 0.6) is 0 Å². The molecule has 0 unspecified atom stereocenters. The summed E-state index contributed by atoms with van der Waals surface area (Å²) in [5, 5.41) is 4.80. The van der Waals surface area contributed by atoms with Gasteiger partial charge in [0.1, 0.15) is 11.2 Å². The minimum absolute atomic E-state index is 0.892. The van der Waals surface area contributed by atoms with Gasteiger partial charge in [-0.25, -0.2) is 0 Å². The molecule has 11 aromatic rings. The van der Waals surface area contributed by atoms with Gasteiger partial charge in [-0.1, -0.05) is 146 Å². The lowest BCUT2D eigenvalue weighted by molar-refractivity contribution is 0.670. The second kappa shape index (κ2) is 13.8. The average Bonchev–Trinajstić information content (AvgIpc) is 3.85. The van der Waals surface area contributed by atoms with Crippen LogP contribution in [0, 0.1) is 0 Å². The molecular weight excluding hydrogens is 711 g/mol. The molecule has 0 saturated carbocycles. The van der Waals surface area contributed by atoms with Gasteiger partial charge in [0.05, 0.1) is 0 Å². The van der Waals surface area contributed by atoms with E-state index >= 15 is 0 Å². The molecule has 11 rings (SSSR count). The van der Waals surface area contributed by atoms with Crippen molar-refractivity contribution >= 4 is 70.5 Å². The summed E-state index contributed by atoms with van der Waals surface area (Å²) in [6, 6.07) is 76.5. The Balaban J connectivity index is 1.06. The molecule has 268 valence electrons. The number of thiophene rings is 1. The summed E-state index contributed by atoms with van der Waals surface area (Å²) < 4.78 is 9.10. The van der Waals surface area contributed by atoms with E-state index in [-0.39, 0.29) is 0 Å². The summed E-state index contributed by atoms with van der Waals surface area (Å²) in [6.45, 7) is 0. The number of anilines is 3. The predicted octanol–water partition coefficient (Wildman–Crippen LogP) is 16.1. The number of hydrogen-bond donors (Lipinski definition) is 0. The average molecular weight is 746 g/mol. The van der Waals surface area contributed by atoms with Crippen molar-refractivity contribution in [3.05, 3.63) is 212 Å². The molecule has 0 saturated heterocycles. The summed E-state index contributed by atoms with van der Waals surface area (Å²) in [5.41, 5.74) is 14.4. The number of hydrogen-bond acceptors (Lipinski definition) is 3. The van der Waals surface area contributed by atoms with Crippen LogP contribution >= 0.6 is 11.3 Å². The number of para-hydroxylation sites is 1. The molecule has 0 N–H and O–H groups in total. The zero-order valence-corrected chi connectivity index (χ0v) is 31.8. The summed E-state index contributed by atoms with van der Waals surface area (Å²) in [5.74, 6) is 0. The van der Waals surface area contributed by atoms with Gasteiger partial charge >= 0.3 is 0 Å². The highest BCUT2D eigenvalue weighted by molar-refractivity contribution is 7.25. The third-order valence-corrected chi connectivity index (χ3v) is 12.2. The molecule has 3 heteroatoms. The number of rotatable bonds is 7. The Hall–Kier alpha value is -7.20. The van der Waals surface area contributed by atoms with Gasteiger partial charge in [-0.15, -0.1) is 11.3 Å². The van der Waals surface area contributed by atoms with E-state index in [9.17, 15) is 0 Å². The number of benzene rings is 9. The molecule has 57 heavy (non-hydrogen) atoms. The highest BCUT2D eigenvalue weighted by atomic mass is 32.1. The highest BCUT2D eigenvalue weighted by Gasteiger charge is 2.19. The van der Waals surface area contributed by atoms with E-state index in [4.69, 9.17) is 4.42 Å². The van der Waals surface area contributed by atoms with Crippen molar-refractivity contribution in [2.75, 3.05) is 4.90 Å². The van der Waals surface area contributed by atoms with E-state index in [0.29, 0.717) is 0 Å². The second-order valence-electron chi connectivity index (χ2n) is 14.5. The first kappa shape index (κ1) is 33.2. The lowest BCUT2D eigenvalue weighted by Crippen LogP contribution is -2.10. The van der Waals surface area contributed by atoms with Crippen LogP contribution in [0.25, 0.3) is 86.6 Å². The first-order valence-electron chi connectivity index (χ1n) is 19.3.